The third kappa shape index (κ3) is 5.31. The highest BCUT2D eigenvalue weighted by molar-refractivity contribution is 5.18. The van der Waals surface area contributed by atoms with E-state index in [9.17, 15) is 0 Å². The van der Waals surface area contributed by atoms with Crippen LogP contribution in [-0.2, 0) is 4.74 Å². The number of morpholine rings is 1. The molecule has 106 valence electrons. The SMILES string of the molecule is CC(CCNCCN1CCOCC1)c1ccccc1. The van der Waals surface area contributed by atoms with Crippen LogP contribution in [0.25, 0.3) is 0 Å². The van der Waals surface area contributed by atoms with Gasteiger partial charge in [0.2, 0.25) is 0 Å². The van der Waals surface area contributed by atoms with E-state index in [4.69, 9.17) is 4.74 Å². The maximum Gasteiger partial charge on any atom is 0.0594 e. The van der Waals surface area contributed by atoms with Crippen molar-refractivity contribution in [1.82, 2.24) is 10.2 Å². The van der Waals surface area contributed by atoms with Crippen LogP contribution in [0.15, 0.2) is 30.3 Å². The van der Waals surface area contributed by atoms with Crippen molar-refractivity contribution >= 4 is 0 Å². The molecule has 2 rings (SSSR count). The van der Waals surface area contributed by atoms with Crippen molar-refractivity contribution < 1.29 is 4.74 Å². The number of ether oxygens (including phenoxy) is 1. The molecule has 1 unspecified atom stereocenters. The Hall–Kier alpha value is -0.900. The highest BCUT2D eigenvalue weighted by Crippen LogP contribution is 2.17. The standard InChI is InChI=1S/C16H26N2O/c1-15(16-5-3-2-4-6-16)7-8-17-9-10-18-11-13-19-14-12-18/h2-6,15,17H,7-14H2,1H3. The van der Waals surface area contributed by atoms with Crippen LogP contribution in [0.3, 0.4) is 0 Å². The lowest BCUT2D eigenvalue weighted by Crippen LogP contribution is -2.40. The molecular formula is C16H26N2O. The van der Waals surface area contributed by atoms with E-state index in [0.29, 0.717) is 5.92 Å². The molecule has 1 fully saturated rings. The van der Waals surface area contributed by atoms with Crippen LogP contribution in [0.5, 0.6) is 0 Å². The van der Waals surface area contributed by atoms with Crippen LogP contribution < -0.4 is 5.32 Å². The predicted molar refractivity (Wildman–Crippen MR) is 79.6 cm³/mol. The number of benzene rings is 1. The van der Waals surface area contributed by atoms with E-state index in [1.165, 1.54) is 12.0 Å². The Morgan fingerprint density at radius 3 is 2.63 bits per heavy atom. The minimum Gasteiger partial charge on any atom is -0.379 e. The Bertz CT molecular complexity index is 336. The monoisotopic (exact) mass is 262 g/mol. The van der Waals surface area contributed by atoms with Gasteiger partial charge in [0.05, 0.1) is 13.2 Å². The molecule has 1 aliphatic rings. The molecule has 1 N–H and O–H groups in total. The zero-order valence-corrected chi connectivity index (χ0v) is 12.0. The molecule has 0 spiro atoms. The van der Waals surface area contributed by atoms with Crippen molar-refractivity contribution in [3.8, 4) is 0 Å². The maximum atomic E-state index is 5.35. The van der Waals surface area contributed by atoms with Crippen LogP contribution in [0.2, 0.25) is 0 Å². The van der Waals surface area contributed by atoms with Gasteiger partial charge in [-0.25, -0.2) is 0 Å². The van der Waals surface area contributed by atoms with Crippen LogP contribution in [-0.4, -0.2) is 50.8 Å². The van der Waals surface area contributed by atoms with E-state index in [-0.39, 0.29) is 0 Å². The summed E-state index contributed by atoms with van der Waals surface area (Å²) in [5.74, 6) is 0.636. The summed E-state index contributed by atoms with van der Waals surface area (Å²) in [5, 5.41) is 3.55. The molecule has 0 saturated carbocycles. The fourth-order valence-corrected chi connectivity index (χ4v) is 2.45. The van der Waals surface area contributed by atoms with Gasteiger partial charge in [-0.1, -0.05) is 37.3 Å². The number of nitrogens with one attached hydrogen (secondary N) is 1. The number of rotatable bonds is 7. The molecular weight excluding hydrogens is 236 g/mol. The summed E-state index contributed by atoms with van der Waals surface area (Å²) in [7, 11) is 0. The lowest BCUT2D eigenvalue weighted by Gasteiger charge is -2.26. The third-order valence-electron chi connectivity index (χ3n) is 3.83. The summed E-state index contributed by atoms with van der Waals surface area (Å²) >= 11 is 0. The lowest BCUT2D eigenvalue weighted by molar-refractivity contribution is 0.0384. The third-order valence-corrected chi connectivity index (χ3v) is 3.83. The summed E-state index contributed by atoms with van der Waals surface area (Å²) in [4.78, 5) is 2.47. The molecule has 0 bridgehead atoms. The molecule has 1 heterocycles. The number of hydrogen-bond acceptors (Lipinski definition) is 3. The van der Waals surface area contributed by atoms with E-state index >= 15 is 0 Å². The van der Waals surface area contributed by atoms with Crippen molar-refractivity contribution in [2.75, 3.05) is 45.9 Å². The van der Waals surface area contributed by atoms with Gasteiger partial charge in [0.1, 0.15) is 0 Å². The Balaban J connectivity index is 1.54. The van der Waals surface area contributed by atoms with Gasteiger partial charge in [-0.2, -0.15) is 0 Å². The lowest BCUT2D eigenvalue weighted by atomic mass is 9.98. The average molecular weight is 262 g/mol. The Morgan fingerprint density at radius 1 is 1.16 bits per heavy atom. The molecule has 1 aliphatic heterocycles. The summed E-state index contributed by atoms with van der Waals surface area (Å²) < 4.78 is 5.35. The molecule has 0 amide bonds. The van der Waals surface area contributed by atoms with Gasteiger partial charge in [0, 0.05) is 26.2 Å². The normalized spacial score (nSPS) is 18.4. The predicted octanol–water partition coefficient (Wildman–Crippen LogP) is 2.10. The van der Waals surface area contributed by atoms with Gasteiger partial charge in [-0.05, 0) is 24.4 Å². The summed E-state index contributed by atoms with van der Waals surface area (Å²) in [6, 6.07) is 10.8. The molecule has 19 heavy (non-hydrogen) atoms. The molecule has 0 aromatic heterocycles. The van der Waals surface area contributed by atoms with Crippen molar-refractivity contribution in [3.05, 3.63) is 35.9 Å². The quantitative estimate of drug-likeness (QED) is 0.762. The molecule has 1 saturated heterocycles. The van der Waals surface area contributed by atoms with E-state index in [2.05, 4.69) is 47.5 Å². The minimum absolute atomic E-state index is 0.636. The van der Waals surface area contributed by atoms with Crippen LogP contribution >= 0.6 is 0 Å². The van der Waals surface area contributed by atoms with Gasteiger partial charge >= 0.3 is 0 Å². The Morgan fingerprint density at radius 2 is 1.89 bits per heavy atom. The van der Waals surface area contributed by atoms with Crippen molar-refractivity contribution in [2.45, 2.75) is 19.3 Å². The number of hydrogen-bond donors (Lipinski definition) is 1. The summed E-state index contributed by atoms with van der Waals surface area (Å²) in [6.45, 7) is 9.59. The second kappa shape index (κ2) is 8.31. The summed E-state index contributed by atoms with van der Waals surface area (Å²) in [6.07, 6.45) is 1.20. The van der Waals surface area contributed by atoms with E-state index in [1.807, 2.05) is 0 Å². The average Bonchev–Trinajstić information content (AvgIpc) is 2.49. The zero-order chi connectivity index (χ0) is 13.3. The van der Waals surface area contributed by atoms with E-state index in [0.717, 1.165) is 45.9 Å². The number of nitrogens with zero attached hydrogens (tertiary/aromatic N) is 1. The first-order valence-electron chi connectivity index (χ1n) is 7.42. The molecule has 1 atom stereocenters. The van der Waals surface area contributed by atoms with Crippen molar-refractivity contribution in [3.63, 3.8) is 0 Å². The van der Waals surface area contributed by atoms with Gasteiger partial charge in [-0.15, -0.1) is 0 Å². The van der Waals surface area contributed by atoms with E-state index < -0.39 is 0 Å². The van der Waals surface area contributed by atoms with Crippen LogP contribution in [0.1, 0.15) is 24.8 Å². The smallest absolute Gasteiger partial charge is 0.0594 e. The molecule has 3 nitrogen and oxygen atoms in total. The fourth-order valence-electron chi connectivity index (χ4n) is 2.45. The van der Waals surface area contributed by atoms with Crippen LogP contribution in [0, 0.1) is 0 Å². The maximum absolute atomic E-state index is 5.35. The van der Waals surface area contributed by atoms with Gasteiger partial charge in [0.25, 0.3) is 0 Å². The largest absolute Gasteiger partial charge is 0.379 e. The second-order valence-electron chi connectivity index (χ2n) is 5.30. The molecule has 1 aromatic rings. The van der Waals surface area contributed by atoms with Crippen molar-refractivity contribution in [1.29, 1.82) is 0 Å². The van der Waals surface area contributed by atoms with Crippen molar-refractivity contribution in [2.24, 2.45) is 0 Å². The molecule has 1 aromatic carbocycles. The first-order chi connectivity index (χ1) is 9.36. The Kier molecular flexibility index (Phi) is 6.34. The molecule has 0 aliphatic carbocycles. The van der Waals surface area contributed by atoms with Gasteiger partial charge in [-0.3, -0.25) is 4.90 Å². The highest BCUT2D eigenvalue weighted by atomic mass is 16.5. The fraction of sp³-hybridized carbons (Fsp3) is 0.625. The molecule has 3 heteroatoms. The van der Waals surface area contributed by atoms with Gasteiger partial charge in [0.15, 0.2) is 0 Å². The molecule has 0 radical (unpaired) electrons. The first-order valence-corrected chi connectivity index (χ1v) is 7.42. The summed E-state index contributed by atoms with van der Waals surface area (Å²) in [5.41, 5.74) is 1.44. The zero-order valence-electron chi connectivity index (χ0n) is 12.0. The van der Waals surface area contributed by atoms with Gasteiger partial charge < -0.3 is 10.1 Å². The topological polar surface area (TPSA) is 24.5 Å². The highest BCUT2D eigenvalue weighted by Gasteiger charge is 2.09. The second-order valence-corrected chi connectivity index (χ2v) is 5.30. The Labute approximate surface area is 116 Å². The minimum atomic E-state index is 0.636. The van der Waals surface area contributed by atoms with E-state index in [1.54, 1.807) is 0 Å². The first kappa shape index (κ1) is 14.5. The van der Waals surface area contributed by atoms with Crippen LogP contribution in [0.4, 0.5) is 0 Å².